The Morgan fingerprint density at radius 3 is 2.56 bits per heavy atom. The summed E-state index contributed by atoms with van der Waals surface area (Å²) in [5.74, 6) is -2.42. The predicted molar refractivity (Wildman–Crippen MR) is 64.6 cm³/mol. The summed E-state index contributed by atoms with van der Waals surface area (Å²) in [5.41, 5.74) is 5.38. The van der Waals surface area contributed by atoms with E-state index in [2.05, 4.69) is 4.72 Å². The van der Waals surface area contributed by atoms with Gasteiger partial charge in [0.15, 0.2) is 0 Å². The van der Waals surface area contributed by atoms with Crippen LogP contribution in [0.4, 0.5) is 5.69 Å². The zero-order valence-electron chi connectivity index (χ0n) is 9.29. The van der Waals surface area contributed by atoms with Crippen LogP contribution in [-0.4, -0.2) is 31.2 Å². The highest BCUT2D eigenvalue weighted by Gasteiger charge is 2.13. The van der Waals surface area contributed by atoms with Crippen LogP contribution < -0.4 is 10.5 Å². The number of sulfonamides is 1. The maximum absolute atomic E-state index is 11.5. The summed E-state index contributed by atoms with van der Waals surface area (Å²) in [6, 6.07) is 5.62. The predicted octanol–water partition coefficient (Wildman–Crippen LogP) is 0.00190. The number of hydrogen-bond acceptors (Lipinski definition) is 4. The van der Waals surface area contributed by atoms with Gasteiger partial charge in [-0.3, -0.25) is 14.3 Å². The fraction of sp³-hybridized carbons (Fsp3) is 0.200. The molecule has 1 amide bonds. The molecular formula is C10H12N2O5S. The zero-order chi connectivity index (χ0) is 13.8. The van der Waals surface area contributed by atoms with Crippen LogP contribution in [0, 0.1) is 0 Å². The van der Waals surface area contributed by atoms with E-state index in [9.17, 15) is 18.0 Å². The molecule has 0 aliphatic carbocycles. The van der Waals surface area contributed by atoms with Crippen molar-refractivity contribution < 1.29 is 23.1 Å². The standard InChI is InChI=1S/C10H12N2O5S/c11-10(15)7-2-1-3-8(6-7)12-18(16,17)5-4-9(13)14/h1-3,6,12H,4-5H2,(H2,11,15)(H,13,14). The number of nitrogens with two attached hydrogens (primary N) is 1. The van der Waals surface area contributed by atoms with E-state index in [0.717, 1.165) is 0 Å². The summed E-state index contributed by atoms with van der Waals surface area (Å²) in [5, 5.41) is 8.41. The molecule has 0 spiro atoms. The molecule has 1 aromatic rings. The first kappa shape index (κ1) is 14.0. The minimum Gasteiger partial charge on any atom is -0.481 e. The minimum atomic E-state index is -3.76. The number of hydrogen-bond donors (Lipinski definition) is 3. The number of nitrogens with one attached hydrogen (secondary N) is 1. The van der Waals surface area contributed by atoms with E-state index in [1.54, 1.807) is 0 Å². The van der Waals surface area contributed by atoms with Crippen molar-refractivity contribution in [2.24, 2.45) is 5.73 Å². The van der Waals surface area contributed by atoms with Crippen molar-refractivity contribution >= 4 is 27.6 Å². The van der Waals surface area contributed by atoms with Crippen LogP contribution >= 0.6 is 0 Å². The maximum Gasteiger partial charge on any atom is 0.304 e. The summed E-state index contributed by atoms with van der Waals surface area (Å²) in [4.78, 5) is 21.2. The third-order valence-corrected chi connectivity index (χ3v) is 3.29. The van der Waals surface area contributed by atoms with Crippen LogP contribution in [0.3, 0.4) is 0 Å². The van der Waals surface area contributed by atoms with Gasteiger partial charge in [-0.05, 0) is 18.2 Å². The Morgan fingerprint density at radius 1 is 1.33 bits per heavy atom. The van der Waals surface area contributed by atoms with Crippen molar-refractivity contribution in [1.29, 1.82) is 0 Å². The largest absolute Gasteiger partial charge is 0.481 e. The SMILES string of the molecule is NC(=O)c1cccc(NS(=O)(=O)CCC(=O)O)c1. The molecule has 0 saturated carbocycles. The van der Waals surface area contributed by atoms with Gasteiger partial charge in [0.25, 0.3) is 0 Å². The summed E-state index contributed by atoms with van der Waals surface area (Å²) in [7, 11) is -3.76. The second-order valence-corrected chi connectivity index (χ2v) is 5.35. The van der Waals surface area contributed by atoms with Gasteiger partial charge in [-0.25, -0.2) is 8.42 Å². The van der Waals surface area contributed by atoms with E-state index < -0.39 is 34.1 Å². The molecule has 98 valence electrons. The van der Waals surface area contributed by atoms with Crippen molar-refractivity contribution in [3.63, 3.8) is 0 Å². The number of rotatable bonds is 6. The Kier molecular flexibility index (Phi) is 4.27. The Bertz CT molecular complexity index is 567. The van der Waals surface area contributed by atoms with Gasteiger partial charge in [0.05, 0.1) is 12.2 Å². The number of carbonyl (C=O) groups excluding carboxylic acids is 1. The first-order valence-electron chi connectivity index (χ1n) is 4.92. The van der Waals surface area contributed by atoms with Crippen molar-refractivity contribution in [1.82, 2.24) is 0 Å². The van der Waals surface area contributed by atoms with Crippen molar-refractivity contribution in [3.8, 4) is 0 Å². The van der Waals surface area contributed by atoms with Gasteiger partial charge in [0, 0.05) is 11.3 Å². The molecule has 18 heavy (non-hydrogen) atoms. The molecule has 0 heterocycles. The number of carbonyl (C=O) groups is 2. The third-order valence-electron chi connectivity index (χ3n) is 2.01. The third kappa shape index (κ3) is 4.42. The van der Waals surface area contributed by atoms with Crippen LogP contribution in [0.1, 0.15) is 16.8 Å². The molecular weight excluding hydrogens is 260 g/mol. The van der Waals surface area contributed by atoms with Crippen LogP contribution in [0.15, 0.2) is 24.3 Å². The van der Waals surface area contributed by atoms with Crippen LogP contribution in [0.2, 0.25) is 0 Å². The molecule has 1 rings (SSSR count). The lowest BCUT2D eigenvalue weighted by Gasteiger charge is -2.07. The van der Waals surface area contributed by atoms with Crippen molar-refractivity contribution in [2.75, 3.05) is 10.5 Å². The second kappa shape index (κ2) is 5.50. The lowest BCUT2D eigenvalue weighted by Crippen LogP contribution is -2.19. The Labute approximate surface area is 104 Å². The maximum atomic E-state index is 11.5. The van der Waals surface area contributed by atoms with Gasteiger partial charge < -0.3 is 10.8 Å². The number of carboxylic acids is 1. The second-order valence-electron chi connectivity index (χ2n) is 3.51. The van der Waals surface area contributed by atoms with Crippen LogP contribution in [0.5, 0.6) is 0 Å². The summed E-state index contributed by atoms with van der Waals surface area (Å²) < 4.78 is 25.2. The summed E-state index contributed by atoms with van der Waals surface area (Å²) >= 11 is 0. The Balaban J connectivity index is 2.81. The monoisotopic (exact) mass is 272 g/mol. The number of amides is 1. The lowest BCUT2D eigenvalue weighted by molar-refractivity contribution is -0.136. The van der Waals surface area contributed by atoms with Gasteiger partial charge in [-0.2, -0.15) is 0 Å². The first-order valence-corrected chi connectivity index (χ1v) is 6.57. The van der Waals surface area contributed by atoms with E-state index in [1.807, 2.05) is 0 Å². The zero-order valence-corrected chi connectivity index (χ0v) is 10.1. The molecule has 0 radical (unpaired) electrons. The Morgan fingerprint density at radius 2 is 2.00 bits per heavy atom. The number of anilines is 1. The van der Waals surface area contributed by atoms with Gasteiger partial charge in [0.2, 0.25) is 15.9 Å². The molecule has 0 aromatic heterocycles. The molecule has 0 saturated heterocycles. The smallest absolute Gasteiger partial charge is 0.304 e. The van der Waals surface area contributed by atoms with Crippen LogP contribution in [0.25, 0.3) is 0 Å². The van der Waals surface area contributed by atoms with Crippen LogP contribution in [-0.2, 0) is 14.8 Å². The quantitative estimate of drug-likeness (QED) is 0.672. The number of primary amides is 1. The highest BCUT2D eigenvalue weighted by molar-refractivity contribution is 7.92. The van der Waals surface area contributed by atoms with E-state index in [4.69, 9.17) is 10.8 Å². The summed E-state index contributed by atoms with van der Waals surface area (Å²) in [6.45, 7) is 0. The molecule has 0 aliphatic heterocycles. The topological polar surface area (TPSA) is 127 Å². The average molecular weight is 272 g/mol. The highest BCUT2D eigenvalue weighted by Crippen LogP contribution is 2.12. The van der Waals surface area contributed by atoms with Gasteiger partial charge >= 0.3 is 5.97 Å². The van der Waals surface area contributed by atoms with Gasteiger partial charge in [0.1, 0.15) is 0 Å². The van der Waals surface area contributed by atoms with Gasteiger partial charge in [-0.1, -0.05) is 6.07 Å². The lowest BCUT2D eigenvalue weighted by atomic mass is 10.2. The molecule has 0 bridgehead atoms. The molecule has 8 heteroatoms. The number of carboxylic acid groups (broad SMARTS) is 1. The molecule has 4 N–H and O–H groups in total. The van der Waals surface area contributed by atoms with E-state index in [1.165, 1.54) is 24.3 Å². The Hall–Kier alpha value is -2.09. The summed E-state index contributed by atoms with van der Waals surface area (Å²) in [6.07, 6.45) is -0.495. The normalized spacial score (nSPS) is 10.9. The van der Waals surface area contributed by atoms with E-state index >= 15 is 0 Å². The molecule has 0 unspecified atom stereocenters. The van der Waals surface area contributed by atoms with Crippen molar-refractivity contribution in [2.45, 2.75) is 6.42 Å². The molecule has 0 aliphatic rings. The molecule has 0 atom stereocenters. The highest BCUT2D eigenvalue weighted by atomic mass is 32.2. The number of aliphatic carboxylic acids is 1. The first-order chi connectivity index (χ1) is 8.30. The molecule has 7 nitrogen and oxygen atoms in total. The molecule has 0 fully saturated rings. The van der Waals surface area contributed by atoms with E-state index in [0.29, 0.717) is 0 Å². The number of benzene rings is 1. The fourth-order valence-corrected chi connectivity index (χ4v) is 2.22. The van der Waals surface area contributed by atoms with E-state index in [-0.39, 0.29) is 11.3 Å². The molecule has 1 aromatic carbocycles. The van der Waals surface area contributed by atoms with Gasteiger partial charge in [-0.15, -0.1) is 0 Å². The van der Waals surface area contributed by atoms with Crippen molar-refractivity contribution in [3.05, 3.63) is 29.8 Å². The average Bonchev–Trinajstić information content (AvgIpc) is 2.26. The minimum absolute atomic E-state index is 0.161. The fourth-order valence-electron chi connectivity index (χ4n) is 1.19.